The highest BCUT2D eigenvalue weighted by molar-refractivity contribution is 5.74. The Bertz CT molecular complexity index is 752. The number of hydrogen-bond donors (Lipinski definition) is 1. The summed E-state index contributed by atoms with van der Waals surface area (Å²) in [6, 6.07) is 10.8. The van der Waals surface area contributed by atoms with E-state index < -0.39 is 0 Å². The maximum absolute atomic E-state index is 12.8. The van der Waals surface area contributed by atoms with Crippen LogP contribution in [0.2, 0.25) is 0 Å². The van der Waals surface area contributed by atoms with E-state index in [1.807, 2.05) is 19.1 Å². The number of rotatable bonds is 8. The van der Waals surface area contributed by atoms with Gasteiger partial charge < -0.3 is 24.4 Å². The van der Waals surface area contributed by atoms with Crippen LogP contribution in [-0.4, -0.2) is 45.3 Å². The number of halogens is 1. The van der Waals surface area contributed by atoms with Crippen LogP contribution in [0, 0.1) is 5.82 Å². The molecule has 0 aliphatic rings. The monoisotopic (exact) mass is 376 g/mol. The van der Waals surface area contributed by atoms with Crippen LogP contribution >= 0.6 is 0 Å². The Hall–Kier alpha value is -2.96. The van der Waals surface area contributed by atoms with Crippen molar-refractivity contribution < 1.29 is 23.4 Å². The van der Waals surface area contributed by atoms with Crippen molar-refractivity contribution in [3.63, 3.8) is 0 Å². The number of urea groups is 1. The van der Waals surface area contributed by atoms with Gasteiger partial charge in [-0.1, -0.05) is 0 Å². The van der Waals surface area contributed by atoms with Crippen molar-refractivity contribution in [1.29, 1.82) is 0 Å². The lowest BCUT2D eigenvalue weighted by Crippen LogP contribution is -2.40. The van der Waals surface area contributed by atoms with Crippen molar-refractivity contribution in [2.24, 2.45) is 0 Å². The van der Waals surface area contributed by atoms with Crippen LogP contribution in [0.15, 0.2) is 42.5 Å². The normalized spacial score (nSPS) is 11.4. The largest absolute Gasteiger partial charge is 0.497 e. The molecular formula is C20H25FN2O4. The second-order valence-electron chi connectivity index (χ2n) is 5.93. The zero-order valence-corrected chi connectivity index (χ0v) is 16.0. The Balaban J connectivity index is 1.87. The minimum absolute atomic E-state index is 0.205. The molecule has 2 aromatic carbocycles. The molecule has 2 rings (SSSR count). The lowest BCUT2D eigenvalue weighted by molar-refractivity contribution is 0.190. The Morgan fingerprint density at radius 3 is 2.41 bits per heavy atom. The number of methoxy groups -OCH3 is 2. The van der Waals surface area contributed by atoms with Gasteiger partial charge in [0.1, 0.15) is 29.7 Å². The molecule has 0 saturated carbocycles. The molecular weight excluding hydrogens is 351 g/mol. The molecule has 0 bridgehead atoms. The van der Waals surface area contributed by atoms with Crippen LogP contribution in [0.1, 0.15) is 18.5 Å². The molecule has 0 aliphatic heterocycles. The van der Waals surface area contributed by atoms with Crippen LogP contribution < -0.4 is 19.5 Å². The zero-order valence-electron chi connectivity index (χ0n) is 16.0. The van der Waals surface area contributed by atoms with Gasteiger partial charge in [0, 0.05) is 18.7 Å². The third kappa shape index (κ3) is 5.51. The maximum Gasteiger partial charge on any atom is 0.317 e. The smallest absolute Gasteiger partial charge is 0.317 e. The van der Waals surface area contributed by atoms with Crippen molar-refractivity contribution in [2.75, 3.05) is 34.4 Å². The molecule has 7 heteroatoms. The van der Waals surface area contributed by atoms with Crippen LogP contribution in [-0.2, 0) is 0 Å². The Labute approximate surface area is 158 Å². The van der Waals surface area contributed by atoms with Gasteiger partial charge in [0.05, 0.1) is 26.8 Å². The summed E-state index contributed by atoms with van der Waals surface area (Å²) in [6.45, 7) is 2.53. The van der Waals surface area contributed by atoms with Gasteiger partial charge in [-0.15, -0.1) is 0 Å². The van der Waals surface area contributed by atoms with Crippen LogP contribution in [0.4, 0.5) is 9.18 Å². The fraction of sp³-hybridized carbons (Fsp3) is 0.350. The molecule has 0 aliphatic carbocycles. The van der Waals surface area contributed by atoms with Gasteiger partial charge >= 0.3 is 6.03 Å². The minimum Gasteiger partial charge on any atom is -0.497 e. The summed E-state index contributed by atoms with van der Waals surface area (Å²) in [5.74, 6) is 1.57. The van der Waals surface area contributed by atoms with E-state index in [-0.39, 0.29) is 24.5 Å². The number of nitrogens with zero attached hydrogens (tertiary/aromatic N) is 1. The molecule has 146 valence electrons. The number of nitrogens with one attached hydrogen (secondary N) is 1. The van der Waals surface area contributed by atoms with Gasteiger partial charge in [-0.2, -0.15) is 0 Å². The summed E-state index contributed by atoms with van der Waals surface area (Å²) in [5.41, 5.74) is 0.874. The highest BCUT2D eigenvalue weighted by atomic mass is 19.1. The van der Waals surface area contributed by atoms with Crippen molar-refractivity contribution in [1.82, 2.24) is 10.2 Å². The standard InChI is InChI=1S/C20H25FN2O4/c1-14(18-10-9-17(25-3)13-19(18)26-4)23(2)20(24)22-11-12-27-16-7-5-15(21)6-8-16/h5-10,13-14H,11-12H2,1-4H3,(H,22,24). The van der Waals surface area contributed by atoms with Gasteiger partial charge in [-0.3, -0.25) is 0 Å². The minimum atomic E-state index is -0.319. The molecule has 0 heterocycles. The third-order valence-corrected chi connectivity index (χ3v) is 4.25. The number of benzene rings is 2. The number of carbonyl (C=O) groups is 1. The fourth-order valence-corrected chi connectivity index (χ4v) is 2.53. The summed E-state index contributed by atoms with van der Waals surface area (Å²) < 4.78 is 28.9. The van der Waals surface area contributed by atoms with Crippen molar-refractivity contribution in [3.05, 3.63) is 53.8 Å². The first-order valence-electron chi connectivity index (χ1n) is 8.57. The van der Waals surface area contributed by atoms with E-state index in [1.165, 1.54) is 12.1 Å². The first kappa shape index (κ1) is 20.4. The Morgan fingerprint density at radius 2 is 1.78 bits per heavy atom. The summed E-state index contributed by atoms with van der Waals surface area (Å²) >= 11 is 0. The average molecular weight is 376 g/mol. The second-order valence-corrected chi connectivity index (χ2v) is 5.93. The summed E-state index contributed by atoms with van der Waals surface area (Å²) in [5, 5.41) is 2.80. The van der Waals surface area contributed by atoms with Gasteiger partial charge in [-0.05, 0) is 43.3 Å². The lowest BCUT2D eigenvalue weighted by atomic mass is 10.1. The Morgan fingerprint density at radius 1 is 1.11 bits per heavy atom. The van der Waals surface area contributed by atoms with E-state index in [9.17, 15) is 9.18 Å². The van der Waals surface area contributed by atoms with Gasteiger partial charge in [0.25, 0.3) is 0 Å². The van der Waals surface area contributed by atoms with E-state index in [2.05, 4.69) is 5.32 Å². The molecule has 1 atom stereocenters. The van der Waals surface area contributed by atoms with Gasteiger partial charge in [-0.25, -0.2) is 9.18 Å². The maximum atomic E-state index is 12.8. The number of hydrogen-bond acceptors (Lipinski definition) is 4. The van der Waals surface area contributed by atoms with E-state index in [0.717, 1.165) is 5.56 Å². The third-order valence-electron chi connectivity index (χ3n) is 4.25. The first-order valence-corrected chi connectivity index (χ1v) is 8.57. The predicted octanol–water partition coefficient (Wildman–Crippen LogP) is 3.62. The fourth-order valence-electron chi connectivity index (χ4n) is 2.53. The quantitative estimate of drug-likeness (QED) is 0.715. The van der Waals surface area contributed by atoms with E-state index in [0.29, 0.717) is 23.8 Å². The van der Waals surface area contributed by atoms with Gasteiger partial charge in [0.2, 0.25) is 0 Å². The molecule has 1 unspecified atom stereocenters. The highest BCUT2D eigenvalue weighted by Gasteiger charge is 2.20. The lowest BCUT2D eigenvalue weighted by Gasteiger charge is -2.27. The molecule has 0 fully saturated rings. The SMILES string of the molecule is COc1ccc(C(C)N(C)C(=O)NCCOc2ccc(F)cc2)c(OC)c1. The number of carbonyl (C=O) groups excluding carboxylic acids is 1. The van der Waals surface area contributed by atoms with Gasteiger partial charge in [0.15, 0.2) is 0 Å². The molecule has 1 N–H and O–H groups in total. The van der Waals surface area contributed by atoms with Crippen LogP contribution in [0.25, 0.3) is 0 Å². The van der Waals surface area contributed by atoms with Crippen LogP contribution in [0.3, 0.4) is 0 Å². The predicted molar refractivity (Wildman–Crippen MR) is 101 cm³/mol. The van der Waals surface area contributed by atoms with Crippen molar-refractivity contribution in [3.8, 4) is 17.2 Å². The molecule has 0 saturated heterocycles. The van der Waals surface area contributed by atoms with Crippen LogP contribution in [0.5, 0.6) is 17.2 Å². The van der Waals surface area contributed by atoms with E-state index >= 15 is 0 Å². The summed E-state index contributed by atoms with van der Waals surface area (Å²) in [4.78, 5) is 14.0. The molecule has 0 aromatic heterocycles. The van der Waals surface area contributed by atoms with Crippen molar-refractivity contribution >= 4 is 6.03 Å². The molecule has 0 radical (unpaired) electrons. The summed E-state index contributed by atoms with van der Waals surface area (Å²) in [7, 11) is 4.88. The average Bonchev–Trinajstić information content (AvgIpc) is 2.70. The number of ether oxygens (including phenoxy) is 3. The number of amides is 2. The molecule has 2 aromatic rings. The highest BCUT2D eigenvalue weighted by Crippen LogP contribution is 2.31. The molecule has 6 nitrogen and oxygen atoms in total. The van der Waals surface area contributed by atoms with Crippen molar-refractivity contribution in [2.45, 2.75) is 13.0 Å². The molecule has 0 spiro atoms. The topological polar surface area (TPSA) is 60.0 Å². The van der Waals surface area contributed by atoms with E-state index in [1.54, 1.807) is 44.4 Å². The second kappa shape index (κ2) is 9.66. The Kier molecular flexibility index (Phi) is 7.28. The molecule has 27 heavy (non-hydrogen) atoms. The van der Waals surface area contributed by atoms with E-state index in [4.69, 9.17) is 14.2 Å². The first-order chi connectivity index (χ1) is 13.0. The summed E-state index contributed by atoms with van der Waals surface area (Å²) in [6.07, 6.45) is 0. The zero-order chi connectivity index (χ0) is 19.8. The molecule has 2 amide bonds.